The molecule has 0 unspecified atom stereocenters. The number of anilines is 1. The molecule has 0 atom stereocenters. The van der Waals surface area contributed by atoms with Gasteiger partial charge in [-0.15, -0.1) is 0 Å². The van der Waals surface area contributed by atoms with Crippen molar-refractivity contribution in [2.24, 2.45) is 5.92 Å². The molecule has 0 saturated heterocycles. The summed E-state index contributed by atoms with van der Waals surface area (Å²) in [4.78, 5) is 36.2. The molecule has 5 rings (SSSR count). The van der Waals surface area contributed by atoms with Crippen molar-refractivity contribution in [3.63, 3.8) is 0 Å². The number of pyridine rings is 1. The summed E-state index contributed by atoms with van der Waals surface area (Å²) in [5.41, 5.74) is 1.74. The van der Waals surface area contributed by atoms with Gasteiger partial charge in [0.15, 0.2) is 11.6 Å². The minimum Gasteiger partial charge on any atom is -0.355 e. The highest BCUT2D eigenvalue weighted by atomic mass is 19.1. The molecule has 32 heavy (non-hydrogen) atoms. The number of halogens is 1. The Morgan fingerprint density at radius 2 is 2.06 bits per heavy atom. The quantitative estimate of drug-likeness (QED) is 0.447. The molecule has 162 valence electrons. The van der Waals surface area contributed by atoms with E-state index in [1.807, 2.05) is 0 Å². The number of nitrogens with zero attached hydrogens (tertiary/aromatic N) is 4. The van der Waals surface area contributed by atoms with Gasteiger partial charge >= 0.3 is 0 Å². The minimum absolute atomic E-state index is 0.0137. The first kappa shape index (κ1) is 19.9. The lowest BCUT2D eigenvalue weighted by molar-refractivity contribution is -0.117. The van der Waals surface area contributed by atoms with Gasteiger partial charge in [-0.2, -0.15) is 5.10 Å². The average molecular weight is 433 g/mol. The zero-order chi connectivity index (χ0) is 22.4. The lowest BCUT2D eigenvalue weighted by Gasteiger charge is -2.08. The standard InChI is InChI=1S/C22H20FN7O2/c1-11-26-10-30(29-11)17-5-3-4-13(18(17)23)16-8-14-15(22(32)24-2)9-25-20(19(14)27-16)28-21(31)12-6-7-12/h3-5,8-10,12,27H,6-7H2,1-2H3,(H,24,32)(H,25,28,31). The molecule has 10 heteroatoms. The van der Waals surface area contributed by atoms with Gasteiger partial charge in [0, 0.05) is 35.8 Å². The first-order valence-electron chi connectivity index (χ1n) is 10.2. The molecule has 3 heterocycles. The van der Waals surface area contributed by atoms with Gasteiger partial charge in [-0.1, -0.05) is 6.07 Å². The lowest BCUT2D eigenvalue weighted by atomic mass is 10.1. The van der Waals surface area contributed by atoms with Crippen molar-refractivity contribution in [3.8, 4) is 16.9 Å². The summed E-state index contributed by atoms with van der Waals surface area (Å²) in [6, 6.07) is 6.63. The van der Waals surface area contributed by atoms with Gasteiger partial charge in [0.1, 0.15) is 17.8 Å². The summed E-state index contributed by atoms with van der Waals surface area (Å²) in [7, 11) is 1.52. The first-order chi connectivity index (χ1) is 15.5. The molecule has 0 radical (unpaired) electrons. The van der Waals surface area contributed by atoms with Crippen LogP contribution in [0.5, 0.6) is 0 Å². The number of rotatable bonds is 5. The van der Waals surface area contributed by atoms with Crippen LogP contribution in [0.15, 0.2) is 36.8 Å². The Morgan fingerprint density at radius 3 is 2.75 bits per heavy atom. The molecule has 9 nitrogen and oxygen atoms in total. The number of amides is 2. The van der Waals surface area contributed by atoms with Crippen molar-refractivity contribution in [3.05, 3.63) is 54.0 Å². The molecule has 4 aromatic rings. The molecule has 3 N–H and O–H groups in total. The summed E-state index contributed by atoms with van der Waals surface area (Å²) in [6.45, 7) is 1.72. The molecule has 1 aliphatic carbocycles. The fourth-order valence-corrected chi connectivity index (χ4v) is 3.60. The Morgan fingerprint density at radius 1 is 1.25 bits per heavy atom. The van der Waals surface area contributed by atoms with Crippen molar-refractivity contribution in [2.75, 3.05) is 12.4 Å². The number of benzene rings is 1. The number of H-pyrrole nitrogens is 1. The minimum atomic E-state index is -0.498. The van der Waals surface area contributed by atoms with Gasteiger partial charge in [0.25, 0.3) is 5.91 Å². The van der Waals surface area contributed by atoms with E-state index in [1.54, 1.807) is 31.2 Å². The maximum absolute atomic E-state index is 15.5. The average Bonchev–Trinajstić information content (AvgIpc) is 3.41. The van der Waals surface area contributed by atoms with Crippen LogP contribution in [-0.4, -0.2) is 43.6 Å². The number of hydrogen-bond acceptors (Lipinski definition) is 5. The van der Waals surface area contributed by atoms with Crippen LogP contribution in [0.4, 0.5) is 10.2 Å². The third kappa shape index (κ3) is 3.39. The molecule has 1 saturated carbocycles. The summed E-state index contributed by atoms with van der Waals surface area (Å²) in [5.74, 6) is -0.128. The molecule has 2 amide bonds. The summed E-state index contributed by atoms with van der Waals surface area (Å²) >= 11 is 0. The van der Waals surface area contributed by atoms with Crippen molar-refractivity contribution in [1.82, 2.24) is 30.0 Å². The molecular formula is C22H20FN7O2. The molecule has 1 fully saturated rings. The van der Waals surface area contributed by atoms with Gasteiger partial charge in [0.05, 0.1) is 11.1 Å². The van der Waals surface area contributed by atoms with Crippen LogP contribution in [0.25, 0.3) is 27.8 Å². The molecule has 1 aliphatic rings. The van der Waals surface area contributed by atoms with Crippen LogP contribution in [0.2, 0.25) is 0 Å². The van der Waals surface area contributed by atoms with Crippen molar-refractivity contribution in [2.45, 2.75) is 19.8 Å². The number of aromatic amines is 1. The summed E-state index contributed by atoms with van der Waals surface area (Å²) in [6.07, 6.45) is 4.55. The number of aryl methyl sites for hydroxylation is 1. The molecular weight excluding hydrogens is 413 g/mol. The third-order valence-electron chi connectivity index (χ3n) is 5.45. The molecule has 3 aromatic heterocycles. The van der Waals surface area contributed by atoms with Gasteiger partial charge in [-0.3, -0.25) is 9.59 Å². The Kier molecular flexibility index (Phi) is 4.69. The largest absolute Gasteiger partial charge is 0.355 e. The van der Waals surface area contributed by atoms with Crippen LogP contribution < -0.4 is 10.6 Å². The zero-order valence-corrected chi connectivity index (χ0v) is 17.4. The topological polar surface area (TPSA) is 118 Å². The van der Waals surface area contributed by atoms with E-state index in [0.29, 0.717) is 33.8 Å². The van der Waals surface area contributed by atoms with E-state index in [2.05, 4.69) is 30.7 Å². The molecule has 1 aromatic carbocycles. The van der Waals surface area contributed by atoms with Gasteiger partial charge in [-0.25, -0.2) is 19.0 Å². The van der Waals surface area contributed by atoms with E-state index in [4.69, 9.17) is 0 Å². The van der Waals surface area contributed by atoms with Gasteiger partial charge in [0.2, 0.25) is 5.91 Å². The Bertz CT molecular complexity index is 1370. The van der Waals surface area contributed by atoms with Crippen LogP contribution in [0, 0.1) is 18.7 Å². The second-order valence-electron chi connectivity index (χ2n) is 7.71. The van der Waals surface area contributed by atoms with Crippen molar-refractivity contribution >= 4 is 28.5 Å². The summed E-state index contributed by atoms with van der Waals surface area (Å²) < 4.78 is 16.8. The smallest absolute Gasteiger partial charge is 0.253 e. The van der Waals surface area contributed by atoms with Crippen LogP contribution >= 0.6 is 0 Å². The Balaban J connectivity index is 1.65. The van der Waals surface area contributed by atoms with E-state index >= 15 is 4.39 Å². The van der Waals surface area contributed by atoms with Gasteiger partial charge in [-0.05, 0) is 38.0 Å². The van der Waals surface area contributed by atoms with Gasteiger partial charge < -0.3 is 15.6 Å². The van der Waals surface area contributed by atoms with E-state index in [1.165, 1.54) is 24.3 Å². The predicted molar refractivity (Wildman–Crippen MR) is 116 cm³/mol. The third-order valence-corrected chi connectivity index (χ3v) is 5.45. The number of carbonyl (C=O) groups excluding carboxylic acids is 2. The Hall–Kier alpha value is -4.08. The highest BCUT2D eigenvalue weighted by Crippen LogP contribution is 2.34. The Labute approximate surface area is 182 Å². The van der Waals surface area contributed by atoms with E-state index < -0.39 is 5.82 Å². The monoisotopic (exact) mass is 433 g/mol. The maximum Gasteiger partial charge on any atom is 0.253 e. The molecule has 0 aliphatic heterocycles. The fraction of sp³-hybridized carbons (Fsp3) is 0.227. The second kappa shape index (κ2) is 7.56. The van der Waals surface area contributed by atoms with Crippen molar-refractivity contribution in [1.29, 1.82) is 0 Å². The maximum atomic E-state index is 15.5. The first-order valence-corrected chi connectivity index (χ1v) is 10.2. The highest BCUT2D eigenvalue weighted by molar-refractivity contribution is 6.11. The lowest BCUT2D eigenvalue weighted by Crippen LogP contribution is -2.19. The van der Waals surface area contributed by atoms with E-state index in [9.17, 15) is 9.59 Å². The normalized spacial score (nSPS) is 13.3. The predicted octanol–water partition coefficient (Wildman–Crippen LogP) is 2.97. The number of carbonyl (C=O) groups is 2. The zero-order valence-electron chi connectivity index (χ0n) is 17.4. The highest BCUT2D eigenvalue weighted by Gasteiger charge is 2.30. The second-order valence-corrected chi connectivity index (χ2v) is 7.71. The fourth-order valence-electron chi connectivity index (χ4n) is 3.60. The number of fused-ring (bicyclic) bond motifs is 1. The van der Waals surface area contributed by atoms with E-state index in [-0.39, 0.29) is 29.0 Å². The van der Waals surface area contributed by atoms with E-state index in [0.717, 1.165) is 12.8 Å². The number of aromatic nitrogens is 5. The molecule has 0 bridgehead atoms. The van der Waals surface area contributed by atoms with Crippen LogP contribution in [0.1, 0.15) is 29.0 Å². The summed E-state index contributed by atoms with van der Waals surface area (Å²) in [5, 5.41) is 10.1. The number of nitrogens with one attached hydrogen (secondary N) is 3. The SMILES string of the molecule is CNC(=O)c1cnc(NC(=O)C2CC2)c2[nH]c(-c3cccc(-n4cnc(C)n4)c3F)cc12. The molecule has 0 spiro atoms. The van der Waals surface area contributed by atoms with Crippen LogP contribution in [0.3, 0.4) is 0 Å². The number of hydrogen-bond donors (Lipinski definition) is 3. The van der Waals surface area contributed by atoms with Crippen LogP contribution in [-0.2, 0) is 4.79 Å². The van der Waals surface area contributed by atoms with Crippen molar-refractivity contribution < 1.29 is 14.0 Å².